The second-order valence-electron chi connectivity index (χ2n) is 8.41. The van der Waals surface area contributed by atoms with Crippen LogP contribution < -0.4 is 9.47 Å². The molecule has 4 atom stereocenters. The smallest absolute Gasteiger partial charge is 0.254 e. The van der Waals surface area contributed by atoms with Crippen LogP contribution in [0.2, 0.25) is 0 Å². The molecular weight excluding hydrogens is 599 g/mol. The fourth-order valence-electron chi connectivity index (χ4n) is 4.93. The summed E-state index contributed by atoms with van der Waals surface area (Å²) in [5, 5.41) is 5.35. The molecule has 0 spiro atoms. The van der Waals surface area contributed by atoms with E-state index in [0.717, 1.165) is 30.6 Å². The highest BCUT2D eigenvalue weighted by atomic mass is 127. The summed E-state index contributed by atoms with van der Waals surface area (Å²) in [6, 6.07) is 11.7. The summed E-state index contributed by atoms with van der Waals surface area (Å²) in [5.74, 6) is 0.716. The third kappa shape index (κ3) is 4.23. The van der Waals surface area contributed by atoms with Crippen LogP contribution in [0.15, 0.2) is 58.1 Å². The van der Waals surface area contributed by atoms with Crippen LogP contribution in [0.3, 0.4) is 0 Å². The van der Waals surface area contributed by atoms with Gasteiger partial charge in [-0.15, -0.1) is 0 Å². The lowest BCUT2D eigenvalue weighted by Gasteiger charge is -2.15. The van der Waals surface area contributed by atoms with E-state index in [2.05, 4.69) is 55.8 Å². The number of rotatable bonds is 7. The monoisotopic (exact) mass is 620 g/mol. The fraction of sp³-hybridized carbons (Fsp3) is 0.320. The first kappa shape index (κ1) is 22.6. The number of fused-ring (bicyclic) bond motifs is 5. The standard InChI is InChI=1S/C25H22BrIN2O4/c1-2-32-20-10-15(9-19(27)23(20)33-13-14-3-7-18(26)8-4-14)12-28-29-24(30)21-16-5-6-17(11-16)22(21)25(29)31/h3-10,12,16-17,21-22H,2,11,13H2,1H3/b28-12-/t16-,17-,21+,22+/m0/s1. The molecule has 5 rings (SSSR count). The van der Waals surface area contributed by atoms with Crippen molar-refractivity contribution < 1.29 is 19.1 Å². The first-order valence-corrected chi connectivity index (χ1v) is 12.8. The zero-order chi connectivity index (χ0) is 23.1. The number of amides is 2. The molecular formula is C25H22BrIN2O4. The van der Waals surface area contributed by atoms with Gasteiger partial charge in [-0.3, -0.25) is 9.59 Å². The summed E-state index contributed by atoms with van der Waals surface area (Å²) in [7, 11) is 0. The van der Waals surface area contributed by atoms with Crippen molar-refractivity contribution in [1.29, 1.82) is 0 Å². The molecule has 1 saturated carbocycles. The molecule has 2 amide bonds. The van der Waals surface area contributed by atoms with Crippen molar-refractivity contribution in [3.63, 3.8) is 0 Å². The van der Waals surface area contributed by atoms with Gasteiger partial charge in [0, 0.05) is 4.47 Å². The number of halogens is 2. The molecule has 0 radical (unpaired) electrons. The highest BCUT2D eigenvalue weighted by molar-refractivity contribution is 14.1. The van der Waals surface area contributed by atoms with Gasteiger partial charge in [-0.1, -0.05) is 40.2 Å². The Balaban J connectivity index is 1.34. The van der Waals surface area contributed by atoms with Crippen LogP contribution in [0.5, 0.6) is 11.5 Å². The molecule has 6 nitrogen and oxygen atoms in total. The van der Waals surface area contributed by atoms with E-state index >= 15 is 0 Å². The Morgan fingerprint density at radius 3 is 2.39 bits per heavy atom. The van der Waals surface area contributed by atoms with E-state index in [9.17, 15) is 9.59 Å². The number of carbonyl (C=O) groups excluding carboxylic acids is 2. The predicted octanol–water partition coefficient (Wildman–Crippen LogP) is 5.17. The van der Waals surface area contributed by atoms with E-state index in [1.807, 2.05) is 43.3 Å². The van der Waals surface area contributed by atoms with Crippen molar-refractivity contribution in [3.05, 3.63) is 67.7 Å². The van der Waals surface area contributed by atoms with Gasteiger partial charge in [-0.05, 0) is 83.2 Å². The van der Waals surface area contributed by atoms with Crippen LogP contribution in [0.1, 0.15) is 24.5 Å². The van der Waals surface area contributed by atoms with Crippen molar-refractivity contribution in [2.24, 2.45) is 28.8 Å². The van der Waals surface area contributed by atoms with Gasteiger partial charge >= 0.3 is 0 Å². The number of allylic oxidation sites excluding steroid dienone is 2. The third-order valence-corrected chi connectivity index (χ3v) is 7.73. The highest BCUT2D eigenvalue weighted by Gasteiger charge is 2.59. The maximum Gasteiger partial charge on any atom is 0.254 e. The van der Waals surface area contributed by atoms with E-state index < -0.39 is 0 Å². The number of hydrogen-bond donors (Lipinski definition) is 0. The maximum atomic E-state index is 12.8. The number of benzene rings is 2. The molecule has 2 aromatic carbocycles. The fourth-order valence-corrected chi connectivity index (χ4v) is 5.97. The predicted molar refractivity (Wildman–Crippen MR) is 136 cm³/mol. The minimum Gasteiger partial charge on any atom is -0.490 e. The van der Waals surface area contributed by atoms with Crippen molar-refractivity contribution in [2.75, 3.05) is 6.61 Å². The maximum absolute atomic E-state index is 12.8. The minimum atomic E-state index is -0.252. The molecule has 0 unspecified atom stereocenters. The largest absolute Gasteiger partial charge is 0.490 e. The van der Waals surface area contributed by atoms with Crippen molar-refractivity contribution in [3.8, 4) is 11.5 Å². The molecule has 2 bridgehead atoms. The number of nitrogens with zero attached hydrogens (tertiary/aromatic N) is 2. The van der Waals surface area contributed by atoms with Gasteiger partial charge < -0.3 is 9.47 Å². The van der Waals surface area contributed by atoms with Gasteiger partial charge in [0.05, 0.1) is 28.2 Å². The molecule has 1 saturated heterocycles. The SMILES string of the molecule is CCOc1cc(/C=N\N2C(=O)[C@H]3[C@H](C2=O)[C@H]2C=C[C@H]3C2)cc(I)c1OCc1ccc(Br)cc1. The van der Waals surface area contributed by atoms with Gasteiger partial charge in [-0.25, -0.2) is 0 Å². The molecule has 1 heterocycles. The Morgan fingerprint density at radius 2 is 1.76 bits per heavy atom. The van der Waals surface area contributed by atoms with E-state index in [4.69, 9.17) is 9.47 Å². The Morgan fingerprint density at radius 1 is 1.09 bits per heavy atom. The lowest BCUT2D eigenvalue weighted by atomic mass is 9.85. The molecule has 2 fully saturated rings. The number of hydrogen-bond acceptors (Lipinski definition) is 5. The number of hydrazone groups is 1. The van der Waals surface area contributed by atoms with Gasteiger partial charge in [0.1, 0.15) is 6.61 Å². The zero-order valence-corrected chi connectivity index (χ0v) is 21.7. The van der Waals surface area contributed by atoms with Crippen LogP contribution in [0.4, 0.5) is 0 Å². The van der Waals surface area contributed by atoms with Crippen molar-refractivity contribution in [2.45, 2.75) is 20.0 Å². The summed E-state index contributed by atoms with van der Waals surface area (Å²) in [5.41, 5.74) is 1.78. The normalized spacial score (nSPS) is 25.4. The number of ether oxygens (including phenoxy) is 2. The van der Waals surface area contributed by atoms with E-state index in [0.29, 0.717) is 24.7 Å². The molecule has 3 aliphatic rings. The van der Waals surface area contributed by atoms with Crippen LogP contribution in [-0.2, 0) is 16.2 Å². The number of carbonyl (C=O) groups is 2. The average molecular weight is 621 g/mol. The Hall–Kier alpha value is -2.20. The van der Waals surface area contributed by atoms with Gasteiger partial charge in [0.25, 0.3) is 11.8 Å². The van der Waals surface area contributed by atoms with Crippen LogP contribution in [0.25, 0.3) is 0 Å². The Bertz CT molecular complexity index is 1130. The van der Waals surface area contributed by atoms with Crippen molar-refractivity contribution >= 4 is 56.5 Å². The van der Waals surface area contributed by atoms with Crippen molar-refractivity contribution in [1.82, 2.24) is 5.01 Å². The molecule has 0 aromatic heterocycles. The second kappa shape index (κ2) is 9.21. The lowest BCUT2D eigenvalue weighted by Crippen LogP contribution is -2.28. The quantitative estimate of drug-likeness (QED) is 0.185. The third-order valence-electron chi connectivity index (χ3n) is 6.40. The van der Waals surface area contributed by atoms with Crippen LogP contribution >= 0.6 is 38.5 Å². The van der Waals surface area contributed by atoms with Gasteiger partial charge in [0.15, 0.2) is 11.5 Å². The summed E-state index contributed by atoms with van der Waals surface area (Å²) in [6.45, 7) is 2.80. The molecule has 33 heavy (non-hydrogen) atoms. The molecule has 1 aliphatic heterocycles. The molecule has 2 aromatic rings. The Kier molecular flexibility index (Phi) is 6.30. The van der Waals surface area contributed by atoms with Crippen LogP contribution in [-0.4, -0.2) is 29.6 Å². The summed E-state index contributed by atoms with van der Waals surface area (Å²) >= 11 is 5.64. The second-order valence-corrected chi connectivity index (χ2v) is 10.5. The summed E-state index contributed by atoms with van der Waals surface area (Å²) < 4.78 is 13.8. The lowest BCUT2D eigenvalue weighted by molar-refractivity contribution is -0.140. The number of imide groups is 1. The van der Waals surface area contributed by atoms with Gasteiger partial charge in [0.2, 0.25) is 0 Å². The first-order valence-electron chi connectivity index (χ1n) is 10.9. The summed E-state index contributed by atoms with van der Waals surface area (Å²) in [6.07, 6.45) is 6.61. The Labute approximate surface area is 214 Å². The molecule has 2 aliphatic carbocycles. The summed E-state index contributed by atoms with van der Waals surface area (Å²) in [4.78, 5) is 25.7. The molecule has 0 N–H and O–H groups in total. The average Bonchev–Trinajstić information content (AvgIpc) is 3.47. The molecule has 170 valence electrons. The van der Waals surface area contributed by atoms with Gasteiger partial charge in [-0.2, -0.15) is 10.1 Å². The molecule has 8 heteroatoms. The van der Waals surface area contributed by atoms with Crippen LogP contribution in [0, 0.1) is 27.2 Å². The van der Waals surface area contributed by atoms with E-state index in [1.165, 1.54) is 0 Å². The highest BCUT2D eigenvalue weighted by Crippen LogP contribution is 2.52. The van der Waals surface area contributed by atoms with E-state index in [1.54, 1.807) is 6.21 Å². The van der Waals surface area contributed by atoms with E-state index in [-0.39, 0.29) is 35.5 Å². The minimum absolute atomic E-state index is 0.171. The first-order chi connectivity index (χ1) is 16.0. The zero-order valence-electron chi connectivity index (χ0n) is 17.9. The topological polar surface area (TPSA) is 68.2 Å².